The number of ether oxygens (including phenoxy) is 2. The molecule has 5 aromatic rings. The third-order valence-electron chi connectivity index (χ3n) is 7.74. The number of pyridine rings is 3. The Kier molecular flexibility index (Phi) is 6.50. The van der Waals surface area contributed by atoms with Crippen molar-refractivity contribution in [3.05, 3.63) is 59.4 Å². The Bertz CT molecular complexity index is 1760. The minimum Gasteiger partial charge on any atom is -0.496 e. The Morgan fingerprint density at radius 3 is 2.58 bits per heavy atom. The van der Waals surface area contributed by atoms with E-state index in [1.54, 1.807) is 19.5 Å². The summed E-state index contributed by atoms with van der Waals surface area (Å²) in [5.74, 6) is 1.55. The van der Waals surface area contributed by atoms with E-state index in [1.165, 1.54) is 0 Å². The van der Waals surface area contributed by atoms with Crippen LogP contribution in [0.25, 0.3) is 38.9 Å². The number of rotatable bonds is 5. The first-order valence-electron chi connectivity index (χ1n) is 13.5. The summed E-state index contributed by atoms with van der Waals surface area (Å²) in [5, 5.41) is 6.70. The van der Waals surface area contributed by atoms with Crippen LogP contribution in [0.1, 0.15) is 47.2 Å². The number of carbonyl (C=O) groups excluding carboxylic acids is 1. The predicted octanol–water partition coefficient (Wildman–Crippen LogP) is 4.59. The fourth-order valence-corrected chi connectivity index (χ4v) is 5.67. The van der Waals surface area contributed by atoms with Gasteiger partial charge in [-0.05, 0) is 37.5 Å². The number of hydrogen-bond acceptors (Lipinski definition) is 7. The third kappa shape index (κ3) is 4.10. The van der Waals surface area contributed by atoms with Crippen molar-refractivity contribution in [2.24, 2.45) is 7.05 Å². The van der Waals surface area contributed by atoms with Crippen molar-refractivity contribution in [1.29, 1.82) is 0 Å². The molecule has 0 atom stereocenters. The smallest absolute Gasteiger partial charge is 0.270 e. The van der Waals surface area contributed by atoms with E-state index in [0.29, 0.717) is 43.6 Å². The van der Waals surface area contributed by atoms with Crippen molar-refractivity contribution in [2.45, 2.75) is 33.6 Å². The SMILES string of the molecule is COc1ccncc1-c1cc2c(cnn2-c2cc3c(c(C(C)C)n2)c(C)c(C(=O)N2CCOCC2)n3C)c(C)n1. The molecule has 1 saturated heterocycles. The van der Waals surface area contributed by atoms with Crippen molar-refractivity contribution >= 4 is 27.7 Å². The number of aromatic nitrogens is 6. The topological polar surface area (TPSA) is 100 Å². The number of hydrogen-bond donors (Lipinski definition) is 0. The van der Waals surface area contributed by atoms with Gasteiger partial charge in [0, 0.05) is 55.1 Å². The molecule has 10 nitrogen and oxygen atoms in total. The lowest BCUT2D eigenvalue weighted by Gasteiger charge is -2.27. The zero-order chi connectivity index (χ0) is 28.1. The molecule has 1 fully saturated rings. The monoisotopic (exact) mass is 539 g/mol. The minimum absolute atomic E-state index is 0.0250. The van der Waals surface area contributed by atoms with Crippen molar-refractivity contribution in [3.8, 4) is 22.8 Å². The summed E-state index contributed by atoms with van der Waals surface area (Å²) in [7, 11) is 3.60. The summed E-state index contributed by atoms with van der Waals surface area (Å²) >= 11 is 0. The van der Waals surface area contributed by atoms with Gasteiger partial charge >= 0.3 is 0 Å². The van der Waals surface area contributed by atoms with Gasteiger partial charge < -0.3 is 18.9 Å². The molecule has 0 aliphatic carbocycles. The summed E-state index contributed by atoms with van der Waals surface area (Å²) in [6.45, 7) is 10.6. The second-order valence-electron chi connectivity index (χ2n) is 10.5. The number of methoxy groups -OCH3 is 1. The van der Waals surface area contributed by atoms with E-state index >= 15 is 0 Å². The lowest BCUT2D eigenvalue weighted by atomic mass is 10.0. The molecule has 0 spiro atoms. The normalized spacial score (nSPS) is 14.0. The Hall–Kier alpha value is -4.31. The molecule has 0 aromatic carbocycles. The first-order valence-corrected chi connectivity index (χ1v) is 13.5. The van der Waals surface area contributed by atoms with Gasteiger partial charge in [0.25, 0.3) is 5.91 Å². The molecule has 0 saturated carbocycles. The lowest BCUT2D eigenvalue weighted by Crippen LogP contribution is -2.41. The Morgan fingerprint density at radius 1 is 1.07 bits per heavy atom. The van der Waals surface area contributed by atoms with E-state index in [4.69, 9.17) is 24.5 Å². The largest absolute Gasteiger partial charge is 0.496 e. The molecule has 0 unspecified atom stereocenters. The van der Waals surface area contributed by atoms with Gasteiger partial charge in [0.1, 0.15) is 11.4 Å². The number of carbonyl (C=O) groups is 1. The number of fused-ring (bicyclic) bond motifs is 2. The van der Waals surface area contributed by atoms with Gasteiger partial charge in [-0.2, -0.15) is 5.10 Å². The van der Waals surface area contributed by atoms with E-state index in [9.17, 15) is 4.79 Å². The van der Waals surface area contributed by atoms with Crippen LogP contribution in [0.5, 0.6) is 5.75 Å². The standard InChI is InChI=1S/C30H33N7O3/c1-17(2)28-27-18(3)29(30(38)36-9-11-40-12-10-36)35(5)24(27)14-26(34-28)37-23-13-22(33-19(4)20(23)16-32-37)21-15-31-8-7-25(21)39-6/h7-8,13-17H,9-12H2,1-6H3. The number of aryl methyl sites for hydroxylation is 3. The summed E-state index contributed by atoms with van der Waals surface area (Å²) in [4.78, 5) is 29.7. The summed E-state index contributed by atoms with van der Waals surface area (Å²) < 4.78 is 14.9. The predicted molar refractivity (Wildman–Crippen MR) is 153 cm³/mol. The van der Waals surface area contributed by atoms with Crippen LogP contribution in [-0.4, -0.2) is 73.5 Å². The molecular weight excluding hydrogens is 506 g/mol. The van der Waals surface area contributed by atoms with Crippen LogP contribution in [0.2, 0.25) is 0 Å². The Balaban J connectivity index is 1.55. The molecule has 6 heterocycles. The molecule has 10 heteroatoms. The summed E-state index contributed by atoms with van der Waals surface area (Å²) in [6, 6.07) is 5.85. The van der Waals surface area contributed by atoms with Gasteiger partial charge in [0.05, 0.1) is 54.5 Å². The second kappa shape index (κ2) is 10.0. The lowest BCUT2D eigenvalue weighted by molar-refractivity contribution is 0.0296. The van der Waals surface area contributed by atoms with Gasteiger partial charge in [-0.25, -0.2) is 9.67 Å². The third-order valence-corrected chi connectivity index (χ3v) is 7.74. The molecule has 1 amide bonds. The first-order chi connectivity index (χ1) is 19.3. The van der Waals surface area contributed by atoms with E-state index in [0.717, 1.165) is 50.0 Å². The minimum atomic E-state index is 0.0250. The average Bonchev–Trinajstić information content (AvgIpc) is 3.51. The zero-order valence-corrected chi connectivity index (χ0v) is 23.7. The summed E-state index contributed by atoms with van der Waals surface area (Å²) in [5.41, 5.74) is 6.81. The van der Waals surface area contributed by atoms with Crippen molar-refractivity contribution in [1.82, 2.24) is 34.2 Å². The highest BCUT2D eigenvalue weighted by atomic mass is 16.5. The van der Waals surface area contributed by atoms with E-state index < -0.39 is 0 Å². The molecule has 1 aliphatic rings. The second-order valence-corrected chi connectivity index (χ2v) is 10.5. The zero-order valence-electron chi connectivity index (χ0n) is 23.7. The van der Waals surface area contributed by atoms with Crippen LogP contribution in [0, 0.1) is 13.8 Å². The molecule has 1 aliphatic heterocycles. The van der Waals surface area contributed by atoms with Crippen LogP contribution in [-0.2, 0) is 11.8 Å². The van der Waals surface area contributed by atoms with Crippen LogP contribution in [0.4, 0.5) is 0 Å². The van der Waals surface area contributed by atoms with Crippen molar-refractivity contribution in [2.75, 3.05) is 33.4 Å². The molecular formula is C30H33N7O3. The Labute approximate surface area is 232 Å². The van der Waals surface area contributed by atoms with Crippen LogP contribution in [0.15, 0.2) is 36.8 Å². The molecule has 0 radical (unpaired) electrons. The number of morpholine rings is 1. The van der Waals surface area contributed by atoms with Crippen molar-refractivity contribution in [3.63, 3.8) is 0 Å². The Morgan fingerprint density at radius 2 is 1.85 bits per heavy atom. The number of nitrogens with zero attached hydrogens (tertiary/aromatic N) is 7. The van der Waals surface area contributed by atoms with Gasteiger partial charge in [0.2, 0.25) is 0 Å². The molecule has 5 aromatic heterocycles. The van der Waals surface area contributed by atoms with Gasteiger partial charge in [-0.1, -0.05) is 13.8 Å². The first kappa shape index (κ1) is 25.9. The molecule has 6 rings (SSSR count). The highest BCUT2D eigenvalue weighted by Crippen LogP contribution is 2.35. The van der Waals surface area contributed by atoms with Gasteiger partial charge in [-0.3, -0.25) is 14.8 Å². The maximum atomic E-state index is 13.6. The highest BCUT2D eigenvalue weighted by molar-refractivity contribution is 6.03. The van der Waals surface area contributed by atoms with E-state index in [-0.39, 0.29) is 11.8 Å². The van der Waals surface area contributed by atoms with E-state index in [2.05, 4.69) is 18.8 Å². The van der Waals surface area contributed by atoms with Crippen molar-refractivity contribution < 1.29 is 14.3 Å². The maximum Gasteiger partial charge on any atom is 0.270 e. The van der Waals surface area contributed by atoms with Crippen LogP contribution < -0.4 is 4.74 Å². The van der Waals surface area contributed by atoms with Gasteiger partial charge in [0.15, 0.2) is 5.82 Å². The van der Waals surface area contributed by atoms with E-state index in [1.807, 2.05) is 59.4 Å². The molecule has 206 valence electrons. The van der Waals surface area contributed by atoms with Gasteiger partial charge in [-0.15, -0.1) is 0 Å². The molecule has 0 N–H and O–H groups in total. The highest BCUT2D eigenvalue weighted by Gasteiger charge is 2.28. The summed E-state index contributed by atoms with van der Waals surface area (Å²) in [6.07, 6.45) is 5.28. The maximum absolute atomic E-state index is 13.6. The van der Waals surface area contributed by atoms with Crippen LogP contribution in [0.3, 0.4) is 0 Å². The molecule has 0 bridgehead atoms. The number of amides is 1. The fourth-order valence-electron chi connectivity index (χ4n) is 5.67. The molecule has 40 heavy (non-hydrogen) atoms. The van der Waals surface area contributed by atoms with Crippen LogP contribution >= 0.6 is 0 Å². The average molecular weight is 540 g/mol. The quantitative estimate of drug-likeness (QED) is 0.322. The fraction of sp³-hybridized carbons (Fsp3) is 0.367.